The Labute approximate surface area is 193 Å². The highest BCUT2D eigenvalue weighted by Crippen LogP contribution is 2.41. The molecule has 1 aliphatic carbocycles. The SMILES string of the molecule is CC1CCC(N(C(=O)c2ccco2)C2CCN(CC3(CCCO)CCCCC3)CC2)NC1. The molecule has 3 aliphatic rings. The van der Waals surface area contributed by atoms with Gasteiger partial charge >= 0.3 is 0 Å². The fraction of sp³-hybridized carbons (Fsp3) is 0.808. The molecule has 2 unspecified atom stereocenters. The van der Waals surface area contributed by atoms with E-state index in [0.717, 1.165) is 64.7 Å². The van der Waals surface area contributed by atoms with Crippen LogP contribution in [0.25, 0.3) is 0 Å². The first-order chi connectivity index (χ1) is 15.6. The Morgan fingerprint density at radius 2 is 2.00 bits per heavy atom. The third-order valence-corrected chi connectivity index (χ3v) is 8.23. The van der Waals surface area contributed by atoms with Crippen LogP contribution < -0.4 is 5.32 Å². The average Bonchev–Trinajstić information content (AvgIpc) is 3.36. The van der Waals surface area contributed by atoms with E-state index in [0.29, 0.717) is 23.7 Å². The number of likely N-dealkylation sites (tertiary alicyclic amines) is 1. The number of aliphatic hydroxyl groups is 1. The van der Waals surface area contributed by atoms with Gasteiger partial charge in [0.15, 0.2) is 5.76 Å². The van der Waals surface area contributed by atoms with E-state index in [4.69, 9.17) is 4.42 Å². The molecule has 1 aromatic heterocycles. The number of hydrogen-bond donors (Lipinski definition) is 2. The first-order valence-electron chi connectivity index (χ1n) is 13.0. The molecule has 2 saturated heterocycles. The van der Waals surface area contributed by atoms with E-state index in [9.17, 15) is 9.90 Å². The van der Waals surface area contributed by atoms with E-state index in [1.54, 1.807) is 18.4 Å². The zero-order valence-electron chi connectivity index (χ0n) is 19.9. The molecule has 1 amide bonds. The lowest BCUT2D eigenvalue weighted by atomic mass is 9.70. The Kier molecular flexibility index (Phi) is 8.30. The summed E-state index contributed by atoms with van der Waals surface area (Å²) in [5, 5.41) is 13.1. The monoisotopic (exact) mass is 445 g/mol. The van der Waals surface area contributed by atoms with E-state index in [-0.39, 0.29) is 18.1 Å². The van der Waals surface area contributed by atoms with Crippen LogP contribution in [0.15, 0.2) is 22.8 Å². The summed E-state index contributed by atoms with van der Waals surface area (Å²) in [5.74, 6) is 1.16. The number of carbonyl (C=O) groups excluding carboxylic acids is 1. The lowest BCUT2D eigenvalue weighted by Gasteiger charge is -2.47. The van der Waals surface area contributed by atoms with Gasteiger partial charge in [0.1, 0.15) is 0 Å². The first kappa shape index (κ1) is 23.8. The third-order valence-electron chi connectivity index (χ3n) is 8.23. The number of nitrogens with zero attached hydrogens (tertiary/aromatic N) is 2. The molecule has 180 valence electrons. The molecule has 4 rings (SSSR count). The Bertz CT molecular complexity index is 685. The van der Waals surface area contributed by atoms with Crippen molar-refractivity contribution in [2.45, 2.75) is 89.8 Å². The summed E-state index contributed by atoms with van der Waals surface area (Å²) in [6.07, 6.45) is 14.6. The van der Waals surface area contributed by atoms with Crippen LogP contribution in [-0.4, -0.2) is 65.8 Å². The zero-order valence-corrected chi connectivity index (χ0v) is 19.9. The predicted molar refractivity (Wildman–Crippen MR) is 126 cm³/mol. The summed E-state index contributed by atoms with van der Waals surface area (Å²) in [7, 11) is 0. The lowest BCUT2D eigenvalue weighted by molar-refractivity contribution is 0.0166. The first-order valence-corrected chi connectivity index (χ1v) is 13.0. The molecule has 32 heavy (non-hydrogen) atoms. The quantitative estimate of drug-likeness (QED) is 0.626. The molecule has 0 spiro atoms. The normalized spacial score (nSPS) is 27.3. The van der Waals surface area contributed by atoms with Crippen molar-refractivity contribution in [3.63, 3.8) is 0 Å². The minimum Gasteiger partial charge on any atom is -0.459 e. The topological polar surface area (TPSA) is 69.0 Å². The fourth-order valence-corrected chi connectivity index (χ4v) is 6.38. The van der Waals surface area contributed by atoms with Crippen molar-refractivity contribution in [3.05, 3.63) is 24.2 Å². The van der Waals surface area contributed by atoms with Gasteiger partial charge in [-0.3, -0.25) is 10.1 Å². The van der Waals surface area contributed by atoms with Gasteiger partial charge in [-0.1, -0.05) is 26.2 Å². The second kappa shape index (κ2) is 11.2. The summed E-state index contributed by atoms with van der Waals surface area (Å²) >= 11 is 0. The number of carbonyl (C=O) groups is 1. The molecule has 6 nitrogen and oxygen atoms in total. The standard InChI is InChI=1S/C26H43N3O3/c1-21-8-9-24(27-19-21)29(25(31)23-7-5-18-32-23)22-10-15-28(16-11-22)20-26(14-6-17-30)12-3-2-4-13-26/h5,7,18,21-22,24,27,30H,2-4,6,8-17,19-20H2,1H3. The van der Waals surface area contributed by atoms with Crippen molar-refractivity contribution in [3.8, 4) is 0 Å². The Morgan fingerprint density at radius 3 is 2.62 bits per heavy atom. The predicted octanol–water partition coefficient (Wildman–Crippen LogP) is 4.25. The van der Waals surface area contributed by atoms with Crippen LogP contribution in [-0.2, 0) is 0 Å². The number of rotatable bonds is 8. The maximum absolute atomic E-state index is 13.4. The highest BCUT2D eigenvalue weighted by atomic mass is 16.3. The molecule has 2 atom stereocenters. The molecule has 6 heteroatoms. The molecule has 1 aromatic rings. The van der Waals surface area contributed by atoms with Crippen molar-refractivity contribution in [2.75, 3.05) is 32.8 Å². The van der Waals surface area contributed by atoms with Crippen LogP contribution in [0, 0.1) is 11.3 Å². The van der Waals surface area contributed by atoms with Crippen LogP contribution in [0.2, 0.25) is 0 Å². The summed E-state index contributed by atoms with van der Waals surface area (Å²) in [6.45, 7) is 6.82. The van der Waals surface area contributed by atoms with Crippen LogP contribution in [0.5, 0.6) is 0 Å². The van der Waals surface area contributed by atoms with Crippen LogP contribution >= 0.6 is 0 Å². The molecule has 1 saturated carbocycles. The van der Waals surface area contributed by atoms with Gasteiger partial charge in [-0.2, -0.15) is 0 Å². The summed E-state index contributed by atoms with van der Waals surface area (Å²) in [5.41, 5.74) is 0.387. The minimum atomic E-state index is 0.0344. The van der Waals surface area contributed by atoms with Gasteiger partial charge in [0.05, 0.1) is 12.4 Å². The average molecular weight is 446 g/mol. The molecular formula is C26H43N3O3. The summed E-state index contributed by atoms with van der Waals surface area (Å²) in [6, 6.07) is 3.86. The van der Waals surface area contributed by atoms with E-state index in [1.807, 2.05) is 0 Å². The van der Waals surface area contributed by atoms with Gasteiger partial charge < -0.3 is 19.3 Å². The fourth-order valence-electron chi connectivity index (χ4n) is 6.38. The highest BCUT2D eigenvalue weighted by Gasteiger charge is 2.38. The molecule has 2 aliphatic heterocycles. The van der Waals surface area contributed by atoms with E-state index < -0.39 is 0 Å². The zero-order chi connectivity index (χ0) is 22.4. The van der Waals surface area contributed by atoms with Gasteiger partial charge in [-0.25, -0.2) is 0 Å². The number of hydrogen-bond acceptors (Lipinski definition) is 5. The highest BCUT2D eigenvalue weighted by molar-refractivity contribution is 5.91. The molecule has 2 N–H and O–H groups in total. The molecular weight excluding hydrogens is 402 g/mol. The van der Waals surface area contributed by atoms with Crippen LogP contribution in [0.1, 0.15) is 88.1 Å². The molecule has 0 aromatic carbocycles. The van der Waals surface area contributed by atoms with Crippen molar-refractivity contribution < 1.29 is 14.3 Å². The van der Waals surface area contributed by atoms with Crippen LogP contribution in [0.3, 0.4) is 0 Å². The van der Waals surface area contributed by atoms with Gasteiger partial charge in [0.2, 0.25) is 0 Å². The van der Waals surface area contributed by atoms with Gasteiger partial charge in [0.25, 0.3) is 5.91 Å². The third kappa shape index (κ3) is 5.75. The number of piperidine rings is 2. The minimum absolute atomic E-state index is 0.0344. The van der Waals surface area contributed by atoms with E-state index in [2.05, 4.69) is 22.0 Å². The van der Waals surface area contributed by atoms with Crippen LogP contribution in [0.4, 0.5) is 0 Å². The Morgan fingerprint density at radius 1 is 1.22 bits per heavy atom. The second-order valence-corrected chi connectivity index (χ2v) is 10.7. The number of furan rings is 1. The summed E-state index contributed by atoms with van der Waals surface area (Å²) in [4.78, 5) is 18.2. The van der Waals surface area contributed by atoms with Gasteiger partial charge in [0, 0.05) is 32.3 Å². The molecule has 0 radical (unpaired) electrons. The molecule has 3 fully saturated rings. The maximum atomic E-state index is 13.4. The smallest absolute Gasteiger partial charge is 0.291 e. The molecule has 0 bridgehead atoms. The molecule has 3 heterocycles. The van der Waals surface area contributed by atoms with Crippen molar-refractivity contribution in [1.82, 2.24) is 15.1 Å². The number of nitrogens with one attached hydrogen (secondary N) is 1. The number of amides is 1. The van der Waals surface area contributed by atoms with Gasteiger partial charge in [-0.05, 0) is 81.4 Å². The summed E-state index contributed by atoms with van der Waals surface area (Å²) < 4.78 is 5.50. The largest absolute Gasteiger partial charge is 0.459 e. The van der Waals surface area contributed by atoms with Crippen molar-refractivity contribution in [2.24, 2.45) is 11.3 Å². The van der Waals surface area contributed by atoms with E-state index in [1.165, 1.54) is 32.1 Å². The Hall–Kier alpha value is -1.37. The van der Waals surface area contributed by atoms with E-state index >= 15 is 0 Å². The van der Waals surface area contributed by atoms with Crippen molar-refractivity contribution in [1.29, 1.82) is 0 Å². The van der Waals surface area contributed by atoms with Crippen molar-refractivity contribution >= 4 is 5.91 Å². The van der Waals surface area contributed by atoms with Gasteiger partial charge in [-0.15, -0.1) is 0 Å². The number of aliphatic hydroxyl groups excluding tert-OH is 1. The second-order valence-electron chi connectivity index (χ2n) is 10.7. The lowest BCUT2D eigenvalue weighted by Crippen LogP contribution is -2.58. The maximum Gasteiger partial charge on any atom is 0.291 e. The Balaban J connectivity index is 1.40.